The van der Waals surface area contributed by atoms with Gasteiger partial charge in [0.25, 0.3) is 0 Å². The molecule has 1 aliphatic carbocycles. The molecule has 0 spiro atoms. The van der Waals surface area contributed by atoms with E-state index < -0.39 is 0 Å². The Morgan fingerprint density at radius 3 is 2.29 bits per heavy atom. The van der Waals surface area contributed by atoms with Crippen molar-refractivity contribution in [2.24, 2.45) is 23.2 Å². The first-order valence-electron chi connectivity index (χ1n) is 6.52. The lowest BCUT2D eigenvalue weighted by Crippen LogP contribution is -2.45. The van der Waals surface area contributed by atoms with Crippen LogP contribution < -0.4 is 0 Å². The van der Waals surface area contributed by atoms with Crippen LogP contribution in [0.4, 0.5) is 0 Å². The van der Waals surface area contributed by atoms with Gasteiger partial charge in [-0.15, -0.1) is 0 Å². The third-order valence-corrected chi connectivity index (χ3v) is 4.76. The molecule has 1 rings (SSSR count). The molecule has 0 aromatic carbocycles. The number of hydrogen-bond donors (Lipinski definition) is 0. The van der Waals surface area contributed by atoms with Crippen LogP contribution in [0.2, 0.25) is 0 Å². The molecule has 0 nitrogen and oxygen atoms in total. The van der Waals surface area contributed by atoms with E-state index in [1.54, 1.807) is 0 Å². The zero-order valence-electron chi connectivity index (χ0n) is 10.8. The Labute approximate surface area is 90.5 Å². The Morgan fingerprint density at radius 1 is 1.29 bits per heavy atom. The van der Waals surface area contributed by atoms with Crippen molar-refractivity contribution in [1.82, 2.24) is 0 Å². The van der Waals surface area contributed by atoms with Crippen molar-refractivity contribution in [2.45, 2.75) is 66.7 Å². The smallest absolute Gasteiger partial charge is 0.0269 e. The molecular weight excluding hydrogens is 168 g/mol. The molecule has 0 radical (unpaired) electrons. The van der Waals surface area contributed by atoms with Crippen molar-refractivity contribution < 1.29 is 0 Å². The molecule has 0 bridgehead atoms. The van der Waals surface area contributed by atoms with E-state index in [0.717, 1.165) is 17.8 Å². The van der Waals surface area contributed by atoms with Gasteiger partial charge >= 0.3 is 0 Å². The van der Waals surface area contributed by atoms with Crippen molar-refractivity contribution in [3.8, 4) is 0 Å². The van der Waals surface area contributed by atoms with Gasteiger partial charge in [0.15, 0.2) is 0 Å². The first kappa shape index (κ1) is 12.1. The van der Waals surface area contributed by atoms with Crippen LogP contribution >= 0.6 is 0 Å². The Balaban J connectivity index is 2.48. The van der Waals surface area contributed by atoms with Gasteiger partial charge in [0.1, 0.15) is 0 Å². The van der Waals surface area contributed by atoms with Crippen molar-refractivity contribution in [2.75, 3.05) is 0 Å². The molecule has 0 aromatic rings. The third-order valence-electron chi connectivity index (χ3n) is 4.76. The molecule has 0 aliphatic heterocycles. The molecule has 0 heterocycles. The average molecular weight is 196 g/mol. The minimum absolute atomic E-state index is 0.670. The third kappa shape index (κ3) is 2.15. The van der Waals surface area contributed by atoms with Gasteiger partial charge < -0.3 is 0 Å². The summed E-state index contributed by atoms with van der Waals surface area (Å²) in [4.78, 5) is 0. The molecule has 3 unspecified atom stereocenters. The van der Waals surface area contributed by atoms with Gasteiger partial charge in [-0.25, -0.2) is 0 Å². The molecule has 0 heteroatoms. The van der Waals surface area contributed by atoms with Crippen molar-refractivity contribution in [3.05, 3.63) is 0 Å². The van der Waals surface area contributed by atoms with E-state index in [-0.39, 0.29) is 0 Å². The van der Waals surface area contributed by atoms with Gasteiger partial charge in [0.05, 0.1) is 0 Å². The van der Waals surface area contributed by atoms with Gasteiger partial charge in [0.2, 0.25) is 0 Å². The average Bonchev–Trinajstić information content (AvgIpc) is 2.10. The van der Waals surface area contributed by atoms with E-state index >= 15 is 0 Å². The molecule has 1 fully saturated rings. The predicted molar refractivity (Wildman–Crippen MR) is 64.4 cm³/mol. The van der Waals surface area contributed by atoms with E-state index in [9.17, 15) is 0 Å². The summed E-state index contributed by atoms with van der Waals surface area (Å²) in [6.07, 6.45) is 7.16. The fourth-order valence-electron chi connectivity index (χ4n) is 3.31. The molecule has 0 amide bonds. The van der Waals surface area contributed by atoms with Crippen LogP contribution in [-0.2, 0) is 0 Å². The highest BCUT2D eigenvalue weighted by Gasteiger charge is 2.46. The van der Waals surface area contributed by atoms with Crippen molar-refractivity contribution >= 4 is 0 Å². The first-order valence-corrected chi connectivity index (χ1v) is 6.52. The monoisotopic (exact) mass is 196 g/mol. The van der Waals surface area contributed by atoms with Gasteiger partial charge in [-0.2, -0.15) is 0 Å². The molecule has 1 aliphatic rings. The van der Waals surface area contributed by atoms with E-state index in [1.807, 2.05) is 0 Å². The standard InChI is InChI=1S/C14H28/c1-6-7-8-12(4)14(5)10-9-13(14)11(2)3/h11-13H,6-10H2,1-5H3. The summed E-state index contributed by atoms with van der Waals surface area (Å²) in [6, 6.07) is 0. The maximum Gasteiger partial charge on any atom is -0.0269 e. The zero-order chi connectivity index (χ0) is 10.8. The van der Waals surface area contributed by atoms with Gasteiger partial charge in [-0.3, -0.25) is 0 Å². The fourth-order valence-corrected chi connectivity index (χ4v) is 3.31. The van der Waals surface area contributed by atoms with E-state index in [1.165, 1.54) is 32.1 Å². The first-order chi connectivity index (χ1) is 6.52. The lowest BCUT2D eigenvalue weighted by atomic mass is 9.52. The summed E-state index contributed by atoms with van der Waals surface area (Å²) in [5, 5.41) is 0. The largest absolute Gasteiger partial charge is 0.0654 e. The van der Waals surface area contributed by atoms with Crippen LogP contribution in [0.5, 0.6) is 0 Å². The molecule has 1 saturated carbocycles. The number of rotatable bonds is 5. The highest BCUT2D eigenvalue weighted by molar-refractivity contribution is 4.96. The van der Waals surface area contributed by atoms with Gasteiger partial charge in [-0.1, -0.05) is 53.9 Å². The predicted octanol–water partition coefficient (Wildman–Crippen LogP) is 4.89. The van der Waals surface area contributed by atoms with Crippen molar-refractivity contribution in [3.63, 3.8) is 0 Å². The van der Waals surface area contributed by atoms with Crippen LogP contribution in [0.25, 0.3) is 0 Å². The maximum atomic E-state index is 2.53. The topological polar surface area (TPSA) is 0 Å². The Hall–Kier alpha value is 0. The Kier molecular flexibility index (Phi) is 4.04. The minimum Gasteiger partial charge on any atom is -0.0654 e. The maximum absolute atomic E-state index is 2.53. The van der Waals surface area contributed by atoms with Crippen LogP contribution in [0.15, 0.2) is 0 Å². The van der Waals surface area contributed by atoms with Gasteiger partial charge in [0, 0.05) is 0 Å². The van der Waals surface area contributed by atoms with Crippen molar-refractivity contribution in [1.29, 1.82) is 0 Å². The summed E-state index contributed by atoms with van der Waals surface area (Å²) in [5.74, 6) is 2.82. The molecule has 84 valence electrons. The second-order valence-electron chi connectivity index (χ2n) is 5.94. The molecule has 0 saturated heterocycles. The highest BCUT2D eigenvalue weighted by Crippen LogP contribution is 2.55. The van der Waals surface area contributed by atoms with Crippen LogP contribution in [0.1, 0.15) is 66.7 Å². The van der Waals surface area contributed by atoms with E-state index in [2.05, 4.69) is 34.6 Å². The zero-order valence-corrected chi connectivity index (χ0v) is 10.8. The SMILES string of the molecule is CCCCC(C)C1(C)CCC1C(C)C. The lowest BCUT2D eigenvalue weighted by molar-refractivity contribution is -0.0389. The summed E-state index contributed by atoms with van der Waals surface area (Å²) >= 11 is 0. The summed E-state index contributed by atoms with van der Waals surface area (Å²) in [6.45, 7) is 12.1. The molecular formula is C14H28. The number of hydrogen-bond acceptors (Lipinski definition) is 0. The van der Waals surface area contributed by atoms with Gasteiger partial charge in [-0.05, 0) is 36.0 Å². The van der Waals surface area contributed by atoms with E-state index in [4.69, 9.17) is 0 Å². The Morgan fingerprint density at radius 2 is 1.93 bits per heavy atom. The summed E-state index contributed by atoms with van der Waals surface area (Å²) < 4.78 is 0. The van der Waals surface area contributed by atoms with E-state index in [0.29, 0.717) is 5.41 Å². The summed E-state index contributed by atoms with van der Waals surface area (Å²) in [7, 11) is 0. The second kappa shape index (κ2) is 4.68. The van der Waals surface area contributed by atoms with Crippen LogP contribution in [-0.4, -0.2) is 0 Å². The lowest BCUT2D eigenvalue weighted by Gasteiger charge is -2.53. The van der Waals surface area contributed by atoms with Crippen LogP contribution in [0.3, 0.4) is 0 Å². The Bertz CT molecular complexity index is 171. The minimum atomic E-state index is 0.670. The summed E-state index contributed by atoms with van der Waals surface area (Å²) in [5.41, 5.74) is 0.670. The highest BCUT2D eigenvalue weighted by atomic mass is 14.5. The fraction of sp³-hybridized carbons (Fsp3) is 1.00. The second-order valence-corrected chi connectivity index (χ2v) is 5.94. The normalized spacial score (nSPS) is 34.3. The van der Waals surface area contributed by atoms with Crippen LogP contribution in [0, 0.1) is 23.2 Å². The molecule has 0 aromatic heterocycles. The quantitative estimate of drug-likeness (QED) is 0.587. The molecule has 3 atom stereocenters. The number of unbranched alkanes of at least 4 members (excludes halogenated alkanes) is 1. The molecule has 14 heavy (non-hydrogen) atoms. The molecule has 0 N–H and O–H groups in total.